The minimum absolute atomic E-state index is 0.974. The topological polar surface area (TPSA) is 0 Å². The molecule has 0 aliphatic heterocycles. The van der Waals surface area contributed by atoms with Crippen LogP contribution in [0.15, 0.2) is 12.2 Å². The van der Waals surface area contributed by atoms with Crippen molar-refractivity contribution in [3.05, 3.63) is 12.2 Å². The molecule has 62 valence electrons. The fourth-order valence-electron chi connectivity index (χ4n) is 2.69. The first-order chi connectivity index (χ1) is 5.40. The van der Waals surface area contributed by atoms with Crippen molar-refractivity contribution in [2.24, 2.45) is 17.8 Å². The maximum Gasteiger partial charge on any atom is -0.0199 e. The largest absolute Gasteiger partial charge is 0.0851 e. The Kier molecular flexibility index (Phi) is 2.02. The molecule has 0 heterocycles. The van der Waals surface area contributed by atoms with Crippen LogP contribution in [-0.4, -0.2) is 0 Å². The number of allylic oxidation sites excluding steroid dienone is 2. The molecule has 2 bridgehead atoms. The van der Waals surface area contributed by atoms with E-state index in [4.69, 9.17) is 0 Å². The third kappa shape index (κ3) is 1.36. The third-order valence-electron chi connectivity index (χ3n) is 3.34. The number of rotatable bonds is 3. The highest BCUT2D eigenvalue weighted by atomic mass is 14.4. The second kappa shape index (κ2) is 3.00. The Balaban J connectivity index is 1.84. The molecule has 2 rings (SSSR count). The monoisotopic (exact) mass is 150 g/mol. The Morgan fingerprint density at radius 1 is 1.27 bits per heavy atom. The van der Waals surface area contributed by atoms with Gasteiger partial charge in [0.25, 0.3) is 0 Å². The lowest BCUT2D eigenvalue weighted by molar-refractivity contribution is 0.402. The van der Waals surface area contributed by atoms with Crippen molar-refractivity contribution in [2.45, 2.75) is 39.0 Å². The molecule has 0 radical (unpaired) electrons. The summed E-state index contributed by atoms with van der Waals surface area (Å²) in [6.45, 7) is 2.29. The summed E-state index contributed by atoms with van der Waals surface area (Å²) in [5.41, 5.74) is 0. The van der Waals surface area contributed by atoms with E-state index >= 15 is 0 Å². The molecule has 1 fully saturated rings. The van der Waals surface area contributed by atoms with Crippen LogP contribution in [0.25, 0.3) is 0 Å². The average molecular weight is 150 g/mol. The summed E-state index contributed by atoms with van der Waals surface area (Å²) in [5, 5.41) is 0. The van der Waals surface area contributed by atoms with E-state index < -0.39 is 0 Å². The molecular weight excluding hydrogens is 132 g/mol. The molecule has 0 saturated heterocycles. The van der Waals surface area contributed by atoms with Gasteiger partial charge in [-0.3, -0.25) is 0 Å². The summed E-state index contributed by atoms with van der Waals surface area (Å²) in [6, 6.07) is 0. The predicted octanol–water partition coefficient (Wildman–Crippen LogP) is 3.39. The lowest BCUT2D eigenvalue weighted by atomic mass is 9.89. The summed E-state index contributed by atoms with van der Waals surface area (Å²) in [4.78, 5) is 0. The van der Waals surface area contributed by atoms with Crippen LogP contribution in [0.1, 0.15) is 39.0 Å². The molecule has 2 aliphatic carbocycles. The molecule has 0 unspecified atom stereocenters. The van der Waals surface area contributed by atoms with E-state index in [2.05, 4.69) is 19.1 Å². The highest BCUT2D eigenvalue weighted by Gasteiger charge is 2.34. The van der Waals surface area contributed by atoms with Crippen LogP contribution in [0.4, 0.5) is 0 Å². The molecule has 0 N–H and O–H groups in total. The van der Waals surface area contributed by atoms with Crippen LogP contribution in [-0.2, 0) is 0 Å². The highest BCUT2D eigenvalue weighted by Crippen LogP contribution is 2.45. The zero-order valence-corrected chi connectivity index (χ0v) is 7.42. The number of hydrogen-bond acceptors (Lipinski definition) is 0. The van der Waals surface area contributed by atoms with Crippen LogP contribution >= 0.6 is 0 Å². The van der Waals surface area contributed by atoms with Crippen molar-refractivity contribution in [3.8, 4) is 0 Å². The maximum absolute atomic E-state index is 2.47. The highest BCUT2D eigenvalue weighted by molar-refractivity contribution is 5.09. The van der Waals surface area contributed by atoms with Crippen LogP contribution in [0, 0.1) is 17.8 Å². The minimum atomic E-state index is 0.974. The van der Waals surface area contributed by atoms with Gasteiger partial charge in [0.15, 0.2) is 0 Å². The molecular formula is C11H18. The van der Waals surface area contributed by atoms with E-state index in [0.29, 0.717) is 0 Å². The Morgan fingerprint density at radius 2 is 2.18 bits per heavy atom. The Hall–Kier alpha value is -0.260. The number of unbranched alkanes of at least 4 members (excludes halogenated alkanes) is 1. The standard InChI is InChI=1S/C11H18/c1-2-3-4-10-7-9-5-6-11(10)8-9/h5-6,9-11H,2-4,7-8H2,1H3/t9-,10-,11-/m0/s1. The van der Waals surface area contributed by atoms with Gasteiger partial charge in [0.2, 0.25) is 0 Å². The Morgan fingerprint density at radius 3 is 2.73 bits per heavy atom. The van der Waals surface area contributed by atoms with Gasteiger partial charge < -0.3 is 0 Å². The molecule has 0 aromatic carbocycles. The normalized spacial score (nSPS) is 40.3. The SMILES string of the molecule is CCCC[C@H]1C[C@@H]2C=C[C@H]1C2. The zero-order chi connectivity index (χ0) is 7.68. The lowest BCUT2D eigenvalue weighted by Crippen LogP contribution is -2.06. The molecule has 0 heteroatoms. The van der Waals surface area contributed by atoms with Crippen LogP contribution in [0.3, 0.4) is 0 Å². The molecule has 0 spiro atoms. The second-order valence-corrected chi connectivity index (χ2v) is 4.18. The average Bonchev–Trinajstić information content (AvgIpc) is 2.60. The molecule has 0 nitrogen and oxygen atoms in total. The van der Waals surface area contributed by atoms with Gasteiger partial charge in [-0.25, -0.2) is 0 Å². The van der Waals surface area contributed by atoms with E-state index in [0.717, 1.165) is 17.8 Å². The van der Waals surface area contributed by atoms with Gasteiger partial charge in [-0.15, -0.1) is 0 Å². The molecule has 11 heavy (non-hydrogen) atoms. The van der Waals surface area contributed by atoms with Gasteiger partial charge in [0.1, 0.15) is 0 Å². The van der Waals surface area contributed by atoms with E-state index in [9.17, 15) is 0 Å². The molecule has 1 saturated carbocycles. The Labute approximate surface area is 69.7 Å². The summed E-state index contributed by atoms with van der Waals surface area (Å²) in [7, 11) is 0. The van der Waals surface area contributed by atoms with Crippen molar-refractivity contribution in [1.82, 2.24) is 0 Å². The minimum Gasteiger partial charge on any atom is -0.0851 e. The van der Waals surface area contributed by atoms with Crippen LogP contribution < -0.4 is 0 Å². The summed E-state index contributed by atoms with van der Waals surface area (Å²) in [5.74, 6) is 3.01. The van der Waals surface area contributed by atoms with Gasteiger partial charge in [-0.05, 0) is 37.0 Å². The summed E-state index contributed by atoms with van der Waals surface area (Å²) in [6.07, 6.45) is 12.2. The van der Waals surface area contributed by atoms with E-state index in [1.165, 1.54) is 32.1 Å². The van der Waals surface area contributed by atoms with Crippen molar-refractivity contribution < 1.29 is 0 Å². The van der Waals surface area contributed by atoms with Crippen molar-refractivity contribution in [1.29, 1.82) is 0 Å². The van der Waals surface area contributed by atoms with Gasteiger partial charge in [-0.2, -0.15) is 0 Å². The molecule has 2 aliphatic rings. The molecule has 0 aromatic rings. The van der Waals surface area contributed by atoms with Crippen LogP contribution in [0.2, 0.25) is 0 Å². The van der Waals surface area contributed by atoms with Crippen molar-refractivity contribution in [3.63, 3.8) is 0 Å². The Bertz CT molecular complexity index is 157. The lowest BCUT2D eigenvalue weighted by Gasteiger charge is -2.16. The summed E-state index contributed by atoms with van der Waals surface area (Å²) >= 11 is 0. The first kappa shape index (κ1) is 7.39. The van der Waals surface area contributed by atoms with Crippen LogP contribution in [0.5, 0.6) is 0 Å². The zero-order valence-electron chi connectivity index (χ0n) is 7.42. The van der Waals surface area contributed by atoms with Crippen molar-refractivity contribution in [2.75, 3.05) is 0 Å². The number of hydrogen-bond donors (Lipinski definition) is 0. The predicted molar refractivity (Wildman–Crippen MR) is 48.4 cm³/mol. The van der Waals surface area contributed by atoms with E-state index in [1.807, 2.05) is 0 Å². The van der Waals surface area contributed by atoms with E-state index in [-0.39, 0.29) is 0 Å². The van der Waals surface area contributed by atoms with Gasteiger partial charge in [0.05, 0.1) is 0 Å². The maximum atomic E-state index is 2.47. The third-order valence-corrected chi connectivity index (χ3v) is 3.34. The quantitative estimate of drug-likeness (QED) is 0.541. The number of fused-ring (bicyclic) bond motifs is 2. The van der Waals surface area contributed by atoms with Gasteiger partial charge >= 0.3 is 0 Å². The first-order valence-electron chi connectivity index (χ1n) is 5.08. The van der Waals surface area contributed by atoms with Gasteiger partial charge in [0, 0.05) is 0 Å². The van der Waals surface area contributed by atoms with Gasteiger partial charge in [-0.1, -0.05) is 31.9 Å². The van der Waals surface area contributed by atoms with E-state index in [1.54, 1.807) is 0 Å². The first-order valence-corrected chi connectivity index (χ1v) is 5.08. The molecule has 0 aromatic heterocycles. The fraction of sp³-hybridized carbons (Fsp3) is 0.818. The second-order valence-electron chi connectivity index (χ2n) is 4.18. The molecule has 0 amide bonds. The summed E-state index contributed by atoms with van der Waals surface area (Å²) < 4.78 is 0. The van der Waals surface area contributed by atoms with Crippen molar-refractivity contribution >= 4 is 0 Å². The smallest absolute Gasteiger partial charge is 0.0199 e. The molecule has 3 atom stereocenters. The fourth-order valence-corrected chi connectivity index (χ4v) is 2.69.